The molecule has 0 aliphatic carbocycles. The average Bonchev–Trinajstić information content (AvgIpc) is 2.42. The summed E-state index contributed by atoms with van der Waals surface area (Å²) in [5.74, 6) is -0.0144. The standard InChI is InChI=1S/C13H17NO5S/c1-18-13(15)10-5-6-19-12-4-3-9(7-11(10)12)8-14-20(2,16)17/h3-4,7,10,14H,5-6,8H2,1-2H3. The smallest absolute Gasteiger partial charge is 0.313 e. The Morgan fingerprint density at radius 2 is 2.25 bits per heavy atom. The number of hydrogen-bond acceptors (Lipinski definition) is 5. The largest absolute Gasteiger partial charge is 0.493 e. The molecule has 0 saturated carbocycles. The summed E-state index contributed by atoms with van der Waals surface area (Å²) in [4.78, 5) is 11.8. The molecule has 0 saturated heterocycles. The van der Waals surface area contributed by atoms with Crippen LogP contribution >= 0.6 is 0 Å². The van der Waals surface area contributed by atoms with Gasteiger partial charge in [-0.3, -0.25) is 4.79 Å². The van der Waals surface area contributed by atoms with Crippen LogP contribution in [0.2, 0.25) is 0 Å². The predicted octanol–water partition coefficient (Wildman–Crippen LogP) is 0.775. The SMILES string of the molecule is COC(=O)C1CCOc2ccc(CNS(C)(=O)=O)cc21. The number of carbonyl (C=O) groups is 1. The van der Waals surface area contributed by atoms with Crippen molar-refractivity contribution in [1.82, 2.24) is 4.72 Å². The molecule has 1 aliphatic rings. The van der Waals surface area contributed by atoms with Gasteiger partial charge in [0, 0.05) is 12.1 Å². The van der Waals surface area contributed by atoms with E-state index in [4.69, 9.17) is 9.47 Å². The lowest BCUT2D eigenvalue weighted by atomic mass is 9.92. The Labute approximate surface area is 118 Å². The molecule has 20 heavy (non-hydrogen) atoms. The molecule has 110 valence electrons. The highest BCUT2D eigenvalue weighted by Gasteiger charge is 2.28. The number of benzene rings is 1. The van der Waals surface area contributed by atoms with Crippen molar-refractivity contribution in [1.29, 1.82) is 0 Å². The normalized spacial score (nSPS) is 18.0. The van der Waals surface area contributed by atoms with E-state index in [1.807, 2.05) is 0 Å². The Hall–Kier alpha value is -1.60. The van der Waals surface area contributed by atoms with Crippen molar-refractivity contribution >= 4 is 16.0 Å². The molecule has 7 heteroatoms. The molecular formula is C13H17NO5S. The molecule has 0 aromatic heterocycles. The summed E-state index contributed by atoms with van der Waals surface area (Å²) in [6, 6.07) is 5.31. The van der Waals surface area contributed by atoms with E-state index in [0.29, 0.717) is 18.8 Å². The maximum Gasteiger partial charge on any atom is 0.313 e. The van der Waals surface area contributed by atoms with Crippen LogP contribution in [-0.2, 0) is 26.1 Å². The van der Waals surface area contributed by atoms with Crippen molar-refractivity contribution in [3.8, 4) is 5.75 Å². The second-order valence-corrected chi connectivity index (χ2v) is 6.51. The van der Waals surface area contributed by atoms with E-state index in [2.05, 4.69) is 4.72 Å². The number of ether oxygens (including phenoxy) is 2. The maximum atomic E-state index is 11.8. The molecule has 1 N–H and O–H groups in total. The Balaban J connectivity index is 2.25. The molecule has 1 unspecified atom stereocenters. The summed E-state index contributed by atoms with van der Waals surface area (Å²) < 4.78 is 34.9. The molecule has 0 bridgehead atoms. The van der Waals surface area contributed by atoms with E-state index in [1.165, 1.54) is 7.11 Å². The van der Waals surface area contributed by atoms with Gasteiger partial charge in [0.25, 0.3) is 0 Å². The van der Waals surface area contributed by atoms with Gasteiger partial charge in [0.05, 0.1) is 25.9 Å². The van der Waals surface area contributed by atoms with Crippen LogP contribution in [0.15, 0.2) is 18.2 Å². The highest BCUT2D eigenvalue weighted by atomic mass is 32.2. The van der Waals surface area contributed by atoms with E-state index in [0.717, 1.165) is 17.4 Å². The fraction of sp³-hybridized carbons (Fsp3) is 0.462. The van der Waals surface area contributed by atoms with Gasteiger partial charge in [0.1, 0.15) is 5.75 Å². The summed E-state index contributed by atoms with van der Waals surface area (Å²) >= 11 is 0. The van der Waals surface area contributed by atoms with E-state index in [-0.39, 0.29) is 18.4 Å². The van der Waals surface area contributed by atoms with Crippen molar-refractivity contribution in [2.24, 2.45) is 0 Å². The minimum Gasteiger partial charge on any atom is -0.493 e. The minimum atomic E-state index is -3.25. The van der Waals surface area contributed by atoms with Gasteiger partial charge in [-0.1, -0.05) is 6.07 Å². The zero-order valence-electron chi connectivity index (χ0n) is 11.4. The molecule has 0 radical (unpaired) electrons. The molecular weight excluding hydrogens is 282 g/mol. The number of fused-ring (bicyclic) bond motifs is 1. The molecule has 1 atom stereocenters. The fourth-order valence-electron chi connectivity index (χ4n) is 2.16. The molecule has 6 nitrogen and oxygen atoms in total. The van der Waals surface area contributed by atoms with Gasteiger partial charge < -0.3 is 9.47 Å². The van der Waals surface area contributed by atoms with Gasteiger partial charge in [0.2, 0.25) is 10.0 Å². The number of hydrogen-bond donors (Lipinski definition) is 1. The molecule has 0 spiro atoms. The summed E-state index contributed by atoms with van der Waals surface area (Å²) in [6.07, 6.45) is 1.66. The second kappa shape index (κ2) is 5.80. The first-order chi connectivity index (χ1) is 9.40. The lowest BCUT2D eigenvalue weighted by molar-refractivity contribution is -0.143. The topological polar surface area (TPSA) is 81.7 Å². The van der Waals surface area contributed by atoms with Gasteiger partial charge in [-0.2, -0.15) is 0 Å². The van der Waals surface area contributed by atoms with Gasteiger partial charge in [0.15, 0.2) is 0 Å². The molecule has 0 amide bonds. The molecule has 0 fully saturated rings. The molecule has 1 aliphatic heterocycles. The Bertz CT molecular complexity index is 611. The quantitative estimate of drug-likeness (QED) is 0.831. The van der Waals surface area contributed by atoms with Crippen LogP contribution in [0.5, 0.6) is 5.75 Å². The Morgan fingerprint density at radius 3 is 2.90 bits per heavy atom. The number of methoxy groups -OCH3 is 1. The van der Waals surface area contributed by atoms with Gasteiger partial charge in [-0.25, -0.2) is 13.1 Å². The van der Waals surface area contributed by atoms with Gasteiger partial charge >= 0.3 is 5.97 Å². The molecule has 2 rings (SSSR count). The first kappa shape index (κ1) is 14.8. The van der Waals surface area contributed by atoms with Gasteiger partial charge in [-0.15, -0.1) is 0 Å². The summed E-state index contributed by atoms with van der Waals surface area (Å²) in [5.41, 5.74) is 1.52. The molecule has 1 heterocycles. The monoisotopic (exact) mass is 299 g/mol. The number of esters is 1. The second-order valence-electron chi connectivity index (χ2n) is 4.68. The highest BCUT2D eigenvalue weighted by molar-refractivity contribution is 7.88. The summed E-state index contributed by atoms with van der Waals surface area (Å²) in [6.45, 7) is 0.647. The number of carbonyl (C=O) groups excluding carboxylic acids is 1. The van der Waals surface area contributed by atoms with Crippen molar-refractivity contribution < 1.29 is 22.7 Å². The van der Waals surface area contributed by atoms with Crippen molar-refractivity contribution in [2.45, 2.75) is 18.9 Å². The zero-order chi connectivity index (χ0) is 14.8. The minimum absolute atomic E-state index is 0.181. The van der Waals surface area contributed by atoms with Crippen LogP contribution in [-0.4, -0.2) is 34.4 Å². The van der Waals surface area contributed by atoms with Gasteiger partial charge in [-0.05, 0) is 24.1 Å². The number of rotatable bonds is 4. The maximum absolute atomic E-state index is 11.8. The summed E-state index contributed by atoms with van der Waals surface area (Å²) in [7, 11) is -1.90. The van der Waals surface area contributed by atoms with Crippen LogP contribution in [0.4, 0.5) is 0 Å². The summed E-state index contributed by atoms with van der Waals surface area (Å²) in [5, 5.41) is 0. The Morgan fingerprint density at radius 1 is 1.50 bits per heavy atom. The lowest BCUT2D eigenvalue weighted by Crippen LogP contribution is -2.24. The van der Waals surface area contributed by atoms with Crippen LogP contribution < -0.4 is 9.46 Å². The van der Waals surface area contributed by atoms with Crippen LogP contribution in [0.25, 0.3) is 0 Å². The van der Waals surface area contributed by atoms with Crippen molar-refractivity contribution in [3.05, 3.63) is 29.3 Å². The third kappa shape index (κ3) is 3.49. The highest BCUT2D eigenvalue weighted by Crippen LogP contribution is 2.35. The van der Waals surface area contributed by atoms with Crippen LogP contribution in [0.1, 0.15) is 23.5 Å². The van der Waals surface area contributed by atoms with Crippen LogP contribution in [0, 0.1) is 0 Å². The lowest BCUT2D eigenvalue weighted by Gasteiger charge is -2.24. The third-order valence-corrected chi connectivity index (χ3v) is 3.81. The van der Waals surface area contributed by atoms with Crippen LogP contribution in [0.3, 0.4) is 0 Å². The zero-order valence-corrected chi connectivity index (χ0v) is 12.2. The van der Waals surface area contributed by atoms with E-state index in [1.54, 1.807) is 18.2 Å². The fourth-order valence-corrected chi connectivity index (χ4v) is 2.58. The predicted molar refractivity (Wildman–Crippen MR) is 73.0 cm³/mol. The number of nitrogens with one attached hydrogen (secondary N) is 1. The number of sulfonamides is 1. The van der Waals surface area contributed by atoms with Crippen molar-refractivity contribution in [2.75, 3.05) is 20.0 Å². The first-order valence-electron chi connectivity index (χ1n) is 6.19. The van der Waals surface area contributed by atoms with Crippen molar-refractivity contribution in [3.63, 3.8) is 0 Å². The molecule has 1 aromatic rings. The third-order valence-electron chi connectivity index (χ3n) is 3.14. The van der Waals surface area contributed by atoms with E-state index in [9.17, 15) is 13.2 Å². The first-order valence-corrected chi connectivity index (χ1v) is 8.08. The average molecular weight is 299 g/mol. The Kier molecular flexibility index (Phi) is 4.29. The van der Waals surface area contributed by atoms with E-state index < -0.39 is 10.0 Å². The van der Waals surface area contributed by atoms with E-state index >= 15 is 0 Å². The molecule has 1 aromatic carbocycles.